The minimum Gasteiger partial charge on any atom is -0.389 e. The number of aliphatic hydroxyl groups is 1. The van der Waals surface area contributed by atoms with Crippen molar-refractivity contribution < 1.29 is 9.50 Å². The van der Waals surface area contributed by atoms with Gasteiger partial charge in [0.15, 0.2) is 0 Å². The minimum atomic E-state index is -0.733. The molecule has 0 radical (unpaired) electrons. The van der Waals surface area contributed by atoms with Crippen LogP contribution in [0.2, 0.25) is 0 Å². The van der Waals surface area contributed by atoms with Crippen LogP contribution in [0.1, 0.15) is 37.5 Å². The van der Waals surface area contributed by atoms with Gasteiger partial charge in [0.1, 0.15) is 5.82 Å². The third-order valence-corrected chi connectivity index (χ3v) is 4.08. The first-order valence-corrected chi connectivity index (χ1v) is 6.90. The Bertz CT molecular complexity index is 597. The second kappa shape index (κ2) is 4.90. The van der Waals surface area contributed by atoms with Crippen molar-refractivity contribution in [2.75, 3.05) is 0 Å². The van der Waals surface area contributed by atoms with E-state index in [4.69, 9.17) is 0 Å². The Morgan fingerprint density at radius 1 is 1.47 bits per heavy atom. The fourth-order valence-corrected chi connectivity index (χ4v) is 2.92. The molecule has 0 aliphatic heterocycles. The van der Waals surface area contributed by atoms with Gasteiger partial charge < -0.3 is 5.11 Å². The van der Waals surface area contributed by atoms with Crippen LogP contribution in [0.25, 0.3) is 0 Å². The van der Waals surface area contributed by atoms with Gasteiger partial charge >= 0.3 is 0 Å². The SMILES string of the molecule is C[C@@H](O)c1cccc(F)c1Sc1nnnn1C1CC1. The molecule has 1 aromatic carbocycles. The molecule has 1 atom stereocenters. The Hall–Kier alpha value is -1.47. The van der Waals surface area contributed by atoms with Crippen molar-refractivity contribution in [1.82, 2.24) is 20.2 Å². The summed E-state index contributed by atoms with van der Waals surface area (Å²) in [5, 5.41) is 21.8. The van der Waals surface area contributed by atoms with Gasteiger partial charge in [-0.1, -0.05) is 12.1 Å². The lowest BCUT2D eigenvalue weighted by Gasteiger charge is -2.11. The summed E-state index contributed by atoms with van der Waals surface area (Å²) in [6.45, 7) is 1.61. The molecule has 0 bridgehead atoms. The molecule has 19 heavy (non-hydrogen) atoms. The largest absolute Gasteiger partial charge is 0.389 e. The fourth-order valence-electron chi connectivity index (χ4n) is 1.85. The molecule has 0 saturated heterocycles. The first-order valence-electron chi connectivity index (χ1n) is 6.09. The molecule has 1 N–H and O–H groups in total. The monoisotopic (exact) mass is 280 g/mol. The number of halogens is 1. The molecule has 0 amide bonds. The van der Waals surface area contributed by atoms with Crippen LogP contribution in [0.15, 0.2) is 28.3 Å². The van der Waals surface area contributed by atoms with Gasteiger partial charge in [-0.15, -0.1) is 5.10 Å². The second-order valence-electron chi connectivity index (χ2n) is 4.57. The predicted octanol–water partition coefficient (Wildman–Crippen LogP) is 2.35. The van der Waals surface area contributed by atoms with Crippen LogP contribution >= 0.6 is 11.8 Å². The highest BCUT2D eigenvalue weighted by Crippen LogP contribution is 2.40. The molecule has 2 aromatic rings. The fraction of sp³-hybridized carbons (Fsp3) is 0.417. The number of benzene rings is 1. The maximum absolute atomic E-state index is 13.9. The van der Waals surface area contributed by atoms with E-state index in [1.165, 1.54) is 6.07 Å². The average Bonchev–Trinajstić information content (AvgIpc) is 3.12. The van der Waals surface area contributed by atoms with Crippen LogP contribution in [0.4, 0.5) is 4.39 Å². The van der Waals surface area contributed by atoms with Gasteiger partial charge in [-0.05, 0) is 53.6 Å². The first kappa shape index (κ1) is 12.6. The zero-order valence-corrected chi connectivity index (χ0v) is 11.1. The number of nitrogens with zero attached hydrogens (tertiary/aromatic N) is 4. The lowest BCUT2D eigenvalue weighted by molar-refractivity contribution is 0.195. The lowest BCUT2D eigenvalue weighted by atomic mass is 10.1. The maximum Gasteiger partial charge on any atom is 0.214 e. The highest BCUT2D eigenvalue weighted by molar-refractivity contribution is 7.99. The zero-order valence-electron chi connectivity index (χ0n) is 10.3. The van der Waals surface area contributed by atoms with Crippen molar-refractivity contribution in [3.8, 4) is 0 Å². The van der Waals surface area contributed by atoms with Crippen molar-refractivity contribution in [2.24, 2.45) is 0 Å². The second-order valence-corrected chi connectivity index (χ2v) is 5.55. The summed E-state index contributed by atoms with van der Waals surface area (Å²) in [7, 11) is 0. The molecule has 1 fully saturated rings. The highest BCUT2D eigenvalue weighted by Gasteiger charge is 2.29. The summed E-state index contributed by atoms with van der Waals surface area (Å²) in [5.41, 5.74) is 0.551. The Balaban J connectivity index is 1.96. The van der Waals surface area contributed by atoms with Gasteiger partial charge in [0.05, 0.1) is 17.0 Å². The standard InChI is InChI=1S/C12H13FN4OS/c1-7(18)9-3-2-4-10(13)11(9)19-12-14-15-16-17(12)8-5-6-8/h2-4,7-8,18H,5-6H2,1H3/t7-/m1/s1. The molecule has 0 spiro atoms. The van der Waals surface area contributed by atoms with E-state index in [-0.39, 0.29) is 5.82 Å². The quantitative estimate of drug-likeness (QED) is 0.931. The Kier molecular flexibility index (Phi) is 3.24. The predicted molar refractivity (Wildman–Crippen MR) is 67.2 cm³/mol. The van der Waals surface area contributed by atoms with E-state index >= 15 is 0 Å². The molecule has 1 aliphatic rings. The zero-order chi connectivity index (χ0) is 13.4. The van der Waals surface area contributed by atoms with Gasteiger partial charge in [-0.25, -0.2) is 9.07 Å². The van der Waals surface area contributed by atoms with Gasteiger partial charge in [0.2, 0.25) is 5.16 Å². The number of aliphatic hydroxyl groups excluding tert-OH is 1. The number of tetrazole rings is 1. The molecule has 0 unspecified atom stereocenters. The topological polar surface area (TPSA) is 63.8 Å². The summed E-state index contributed by atoms with van der Waals surface area (Å²) in [6.07, 6.45) is 1.38. The van der Waals surface area contributed by atoms with Crippen molar-refractivity contribution in [1.29, 1.82) is 0 Å². The van der Waals surface area contributed by atoms with E-state index in [0.717, 1.165) is 24.6 Å². The summed E-state index contributed by atoms with van der Waals surface area (Å²) >= 11 is 1.16. The number of aromatic nitrogens is 4. The highest BCUT2D eigenvalue weighted by atomic mass is 32.2. The van der Waals surface area contributed by atoms with Crippen LogP contribution in [0, 0.1) is 5.82 Å². The van der Waals surface area contributed by atoms with E-state index in [1.807, 2.05) is 0 Å². The van der Waals surface area contributed by atoms with Gasteiger partial charge in [0.25, 0.3) is 0 Å². The van der Waals surface area contributed by atoms with Crippen molar-refractivity contribution in [3.63, 3.8) is 0 Å². The molecule has 100 valence electrons. The van der Waals surface area contributed by atoms with Gasteiger partial charge in [-0.2, -0.15) is 0 Å². The Labute approximate surface area is 113 Å². The van der Waals surface area contributed by atoms with Crippen LogP contribution in [0.3, 0.4) is 0 Å². The lowest BCUT2D eigenvalue weighted by Crippen LogP contribution is -2.01. The van der Waals surface area contributed by atoms with Crippen molar-refractivity contribution >= 4 is 11.8 Å². The summed E-state index contributed by atoms with van der Waals surface area (Å²) in [5.74, 6) is -0.367. The third kappa shape index (κ3) is 2.48. The van der Waals surface area contributed by atoms with Crippen LogP contribution in [0.5, 0.6) is 0 Å². The van der Waals surface area contributed by atoms with E-state index in [1.54, 1.807) is 23.7 Å². The average molecular weight is 280 g/mol. The summed E-state index contributed by atoms with van der Waals surface area (Å²) < 4.78 is 15.7. The van der Waals surface area contributed by atoms with E-state index in [0.29, 0.717) is 21.7 Å². The Morgan fingerprint density at radius 2 is 2.26 bits per heavy atom. The molecular formula is C12H13FN4OS. The van der Waals surface area contributed by atoms with Crippen molar-refractivity contribution in [2.45, 2.75) is 42.0 Å². The van der Waals surface area contributed by atoms with E-state index in [2.05, 4.69) is 15.5 Å². The molecular weight excluding hydrogens is 267 g/mol. The van der Waals surface area contributed by atoms with E-state index in [9.17, 15) is 9.50 Å². The van der Waals surface area contributed by atoms with Crippen LogP contribution < -0.4 is 0 Å². The van der Waals surface area contributed by atoms with E-state index < -0.39 is 6.10 Å². The molecule has 3 rings (SSSR count). The molecule has 1 saturated carbocycles. The molecule has 7 heteroatoms. The normalized spacial score (nSPS) is 16.6. The van der Waals surface area contributed by atoms with Crippen LogP contribution in [-0.4, -0.2) is 25.3 Å². The minimum absolute atomic E-state index is 0.333. The molecule has 1 aliphatic carbocycles. The molecule has 1 heterocycles. The first-order chi connectivity index (χ1) is 9.16. The molecule has 5 nitrogen and oxygen atoms in total. The smallest absolute Gasteiger partial charge is 0.214 e. The van der Waals surface area contributed by atoms with Crippen molar-refractivity contribution in [3.05, 3.63) is 29.6 Å². The third-order valence-electron chi connectivity index (χ3n) is 3.00. The summed E-state index contributed by atoms with van der Waals surface area (Å²) in [4.78, 5) is 0.384. The maximum atomic E-state index is 13.9. The van der Waals surface area contributed by atoms with Gasteiger partial charge in [0, 0.05) is 0 Å². The number of hydrogen-bond donors (Lipinski definition) is 1. The van der Waals surface area contributed by atoms with Gasteiger partial charge in [-0.3, -0.25) is 0 Å². The van der Waals surface area contributed by atoms with Crippen LogP contribution in [-0.2, 0) is 0 Å². The number of rotatable bonds is 4. The Morgan fingerprint density at radius 3 is 2.95 bits per heavy atom. The number of hydrogen-bond acceptors (Lipinski definition) is 5. The molecule has 1 aromatic heterocycles. The summed E-state index contributed by atoms with van der Waals surface area (Å²) in [6, 6.07) is 5.01.